The monoisotopic (exact) mass is 323 g/mol. The van der Waals surface area contributed by atoms with Crippen LogP contribution in [0.1, 0.15) is 51.1 Å². The van der Waals surface area contributed by atoms with Crippen LogP contribution in [0.15, 0.2) is 24.3 Å². The molecule has 0 spiro atoms. The van der Waals surface area contributed by atoms with Crippen molar-refractivity contribution >= 4 is 23.5 Å². The Morgan fingerprint density at radius 1 is 1.32 bits per heavy atom. The molecule has 0 aromatic heterocycles. The average molecular weight is 324 g/mol. The first-order valence-corrected chi connectivity index (χ1v) is 8.16. The van der Waals surface area contributed by atoms with Gasteiger partial charge in [-0.3, -0.25) is 9.59 Å². The summed E-state index contributed by atoms with van der Waals surface area (Å²) in [5, 5.41) is 10.2. The number of aliphatic carboxylic acids is 1. The standard InChI is InChI=1S/C17H22ClNO3/c1-3-13(4-2)19-15(20)10-9-14(17(21)22)16(19)11-5-7-12(18)8-6-11/h5-8,13-14,16H,3-4,9-10H2,1-2H3,(H,21,22). The number of rotatable bonds is 5. The van der Waals surface area contributed by atoms with Crippen LogP contribution in [-0.2, 0) is 9.59 Å². The predicted molar refractivity (Wildman–Crippen MR) is 85.8 cm³/mol. The van der Waals surface area contributed by atoms with Crippen molar-refractivity contribution in [3.63, 3.8) is 0 Å². The van der Waals surface area contributed by atoms with Crippen molar-refractivity contribution < 1.29 is 14.7 Å². The number of carbonyl (C=O) groups is 2. The van der Waals surface area contributed by atoms with Gasteiger partial charge in [0.1, 0.15) is 0 Å². The van der Waals surface area contributed by atoms with Gasteiger partial charge in [0.05, 0.1) is 12.0 Å². The van der Waals surface area contributed by atoms with Gasteiger partial charge < -0.3 is 10.0 Å². The lowest BCUT2D eigenvalue weighted by molar-refractivity contribution is -0.154. The summed E-state index contributed by atoms with van der Waals surface area (Å²) in [6.07, 6.45) is 2.33. The molecule has 22 heavy (non-hydrogen) atoms. The highest BCUT2D eigenvalue weighted by molar-refractivity contribution is 6.30. The number of amides is 1. The lowest BCUT2D eigenvalue weighted by Crippen LogP contribution is -2.50. The number of nitrogens with zero attached hydrogens (tertiary/aromatic N) is 1. The van der Waals surface area contributed by atoms with Crippen molar-refractivity contribution in [1.82, 2.24) is 4.90 Å². The number of carboxylic acids is 1. The Morgan fingerprint density at radius 2 is 1.91 bits per heavy atom. The highest BCUT2D eigenvalue weighted by Gasteiger charge is 2.42. The molecule has 120 valence electrons. The summed E-state index contributed by atoms with van der Waals surface area (Å²) in [5.41, 5.74) is 0.844. The van der Waals surface area contributed by atoms with Gasteiger partial charge in [0.25, 0.3) is 0 Å². The molecule has 4 nitrogen and oxygen atoms in total. The maximum Gasteiger partial charge on any atom is 0.308 e. The summed E-state index contributed by atoms with van der Waals surface area (Å²) in [7, 11) is 0. The Morgan fingerprint density at radius 3 is 2.41 bits per heavy atom. The van der Waals surface area contributed by atoms with Crippen LogP contribution < -0.4 is 0 Å². The minimum Gasteiger partial charge on any atom is -0.481 e. The molecule has 0 saturated carbocycles. The smallest absolute Gasteiger partial charge is 0.308 e. The van der Waals surface area contributed by atoms with Gasteiger partial charge in [0.2, 0.25) is 5.91 Å². The first-order chi connectivity index (χ1) is 10.5. The molecular weight excluding hydrogens is 302 g/mol. The van der Waals surface area contributed by atoms with E-state index in [2.05, 4.69) is 0 Å². The zero-order valence-corrected chi connectivity index (χ0v) is 13.7. The molecular formula is C17H22ClNO3. The summed E-state index contributed by atoms with van der Waals surface area (Å²) in [4.78, 5) is 26.0. The fourth-order valence-electron chi connectivity index (χ4n) is 3.34. The normalized spacial score (nSPS) is 22.2. The van der Waals surface area contributed by atoms with Crippen molar-refractivity contribution in [2.75, 3.05) is 0 Å². The number of likely N-dealkylation sites (tertiary alicyclic amines) is 1. The fourth-order valence-corrected chi connectivity index (χ4v) is 3.47. The molecule has 1 aliphatic heterocycles. The topological polar surface area (TPSA) is 57.6 Å². The van der Waals surface area contributed by atoms with Crippen molar-refractivity contribution in [3.8, 4) is 0 Å². The van der Waals surface area contributed by atoms with E-state index in [9.17, 15) is 14.7 Å². The molecule has 0 aliphatic carbocycles. The quantitative estimate of drug-likeness (QED) is 0.894. The molecule has 1 N–H and O–H groups in total. The Kier molecular flexibility index (Phi) is 5.46. The second-order valence-electron chi connectivity index (χ2n) is 5.75. The Balaban J connectivity index is 2.47. The highest BCUT2D eigenvalue weighted by atomic mass is 35.5. The Labute approximate surface area is 136 Å². The second kappa shape index (κ2) is 7.14. The summed E-state index contributed by atoms with van der Waals surface area (Å²) < 4.78 is 0. The molecule has 1 fully saturated rings. The van der Waals surface area contributed by atoms with Gasteiger partial charge in [-0.05, 0) is 37.0 Å². The van der Waals surface area contributed by atoms with Crippen LogP contribution in [0, 0.1) is 5.92 Å². The van der Waals surface area contributed by atoms with Gasteiger partial charge in [0.15, 0.2) is 0 Å². The molecule has 2 unspecified atom stereocenters. The SMILES string of the molecule is CCC(CC)N1C(=O)CCC(C(=O)O)C1c1ccc(Cl)cc1. The number of carbonyl (C=O) groups excluding carboxylic acids is 1. The second-order valence-corrected chi connectivity index (χ2v) is 6.19. The van der Waals surface area contributed by atoms with Crippen LogP contribution in [0.25, 0.3) is 0 Å². The third-order valence-electron chi connectivity index (χ3n) is 4.50. The van der Waals surface area contributed by atoms with E-state index in [1.807, 2.05) is 26.0 Å². The van der Waals surface area contributed by atoms with E-state index < -0.39 is 17.9 Å². The third kappa shape index (κ3) is 3.27. The molecule has 2 atom stereocenters. The van der Waals surface area contributed by atoms with Crippen LogP contribution in [0.4, 0.5) is 0 Å². The van der Waals surface area contributed by atoms with E-state index in [1.54, 1.807) is 17.0 Å². The van der Waals surface area contributed by atoms with Gasteiger partial charge in [-0.15, -0.1) is 0 Å². The number of benzene rings is 1. The average Bonchev–Trinajstić information content (AvgIpc) is 2.50. The van der Waals surface area contributed by atoms with Crippen molar-refractivity contribution in [1.29, 1.82) is 0 Å². The fraction of sp³-hybridized carbons (Fsp3) is 0.529. The van der Waals surface area contributed by atoms with E-state index in [0.29, 0.717) is 17.9 Å². The van der Waals surface area contributed by atoms with Crippen LogP contribution in [0.5, 0.6) is 0 Å². The number of halogens is 1. The predicted octanol–water partition coefficient (Wildman–Crippen LogP) is 3.89. The van der Waals surface area contributed by atoms with E-state index >= 15 is 0 Å². The maximum absolute atomic E-state index is 12.5. The highest BCUT2D eigenvalue weighted by Crippen LogP contribution is 2.39. The molecule has 1 aromatic carbocycles. The van der Waals surface area contributed by atoms with Gasteiger partial charge >= 0.3 is 5.97 Å². The van der Waals surface area contributed by atoms with Gasteiger partial charge in [0, 0.05) is 17.5 Å². The molecule has 1 heterocycles. The summed E-state index contributed by atoms with van der Waals surface area (Å²) in [6.45, 7) is 4.06. The van der Waals surface area contributed by atoms with Crippen molar-refractivity contribution in [3.05, 3.63) is 34.9 Å². The van der Waals surface area contributed by atoms with E-state index in [-0.39, 0.29) is 11.9 Å². The Hall–Kier alpha value is -1.55. The zero-order valence-electron chi connectivity index (χ0n) is 13.0. The lowest BCUT2D eigenvalue weighted by atomic mass is 9.82. The van der Waals surface area contributed by atoms with E-state index in [4.69, 9.17) is 11.6 Å². The summed E-state index contributed by atoms with van der Waals surface area (Å²) in [6, 6.07) is 6.81. The van der Waals surface area contributed by atoms with E-state index in [0.717, 1.165) is 18.4 Å². The van der Waals surface area contributed by atoms with Gasteiger partial charge in [-0.25, -0.2) is 0 Å². The number of hydrogen-bond acceptors (Lipinski definition) is 2. The van der Waals surface area contributed by atoms with Crippen LogP contribution in [0.2, 0.25) is 5.02 Å². The first-order valence-electron chi connectivity index (χ1n) is 7.79. The minimum atomic E-state index is -0.844. The van der Waals surface area contributed by atoms with Crippen molar-refractivity contribution in [2.24, 2.45) is 5.92 Å². The third-order valence-corrected chi connectivity index (χ3v) is 4.75. The van der Waals surface area contributed by atoms with Crippen LogP contribution >= 0.6 is 11.6 Å². The molecule has 2 rings (SSSR count). The summed E-state index contributed by atoms with van der Waals surface area (Å²) in [5.74, 6) is -1.37. The molecule has 1 saturated heterocycles. The van der Waals surface area contributed by atoms with E-state index in [1.165, 1.54) is 0 Å². The first kappa shape index (κ1) is 16.8. The maximum atomic E-state index is 12.5. The van der Waals surface area contributed by atoms with Gasteiger partial charge in [-0.2, -0.15) is 0 Å². The number of carboxylic acid groups (broad SMARTS) is 1. The molecule has 5 heteroatoms. The van der Waals surface area contributed by atoms with Crippen LogP contribution in [0.3, 0.4) is 0 Å². The molecule has 1 aromatic rings. The largest absolute Gasteiger partial charge is 0.481 e. The lowest BCUT2D eigenvalue weighted by Gasteiger charge is -2.44. The van der Waals surface area contributed by atoms with Crippen LogP contribution in [-0.4, -0.2) is 27.9 Å². The Bertz CT molecular complexity index is 539. The number of piperidine rings is 1. The molecule has 0 radical (unpaired) electrons. The van der Waals surface area contributed by atoms with Crippen molar-refractivity contribution in [2.45, 2.75) is 51.6 Å². The summed E-state index contributed by atoms with van der Waals surface area (Å²) >= 11 is 5.93. The minimum absolute atomic E-state index is 0.0474. The van der Waals surface area contributed by atoms with Gasteiger partial charge in [-0.1, -0.05) is 37.6 Å². The number of hydrogen-bond donors (Lipinski definition) is 1. The molecule has 1 amide bonds. The zero-order chi connectivity index (χ0) is 16.3. The molecule has 0 bridgehead atoms. The molecule has 1 aliphatic rings.